The van der Waals surface area contributed by atoms with Crippen molar-refractivity contribution >= 4 is 39.8 Å². The van der Waals surface area contributed by atoms with Gasteiger partial charge in [0.15, 0.2) is 27.4 Å². The molecule has 0 spiro atoms. The van der Waals surface area contributed by atoms with Gasteiger partial charge in [-0.05, 0) is 25.5 Å². The number of halogens is 3. The first-order valence-electron chi connectivity index (χ1n) is 7.73. The lowest BCUT2D eigenvalue weighted by atomic mass is 10.3. The molecule has 1 heterocycles. The molecule has 1 atom stereocenters. The normalized spacial score (nSPS) is 19.2. The number of nitrogens with zero attached hydrogens (tertiary/aromatic N) is 1. The summed E-state index contributed by atoms with van der Waals surface area (Å²) in [7, 11) is -2.96. The van der Waals surface area contributed by atoms with Crippen molar-refractivity contribution in [2.45, 2.75) is 19.4 Å². The molecule has 1 fully saturated rings. The fourth-order valence-electron chi connectivity index (χ4n) is 2.31. The van der Waals surface area contributed by atoms with Crippen molar-refractivity contribution < 1.29 is 21.9 Å². The molecule has 1 unspecified atom stereocenters. The molecule has 2 N–H and O–H groups in total. The van der Waals surface area contributed by atoms with Crippen LogP contribution in [0.2, 0.25) is 0 Å². The molecule has 25 heavy (non-hydrogen) atoms. The van der Waals surface area contributed by atoms with Gasteiger partial charge in [0.05, 0.1) is 18.1 Å². The maximum Gasteiger partial charge on any atom is 0.191 e. The summed E-state index contributed by atoms with van der Waals surface area (Å²) < 4.78 is 54.1. The number of guanidine groups is 1. The minimum absolute atomic E-state index is 0. The topological polar surface area (TPSA) is 79.8 Å². The Morgan fingerprint density at radius 1 is 1.36 bits per heavy atom. The zero-order valence-electron chi connectivity index (χ0n) is 13.8. The number of hydrogen-bond donors (Lipinski definition) is 2. The number of benzene rings is 1. The van der Waals surface area contributed by atoms with Gasteiger partial charge < -0.3 is 15.4 Å². The molecular weight excluding hydrogens is 467 g/mol. The monoisotopic (exact) mass is 489 g/mol. The lowest BCUT2D eigenvalue weighted by Crippen LogP contribution is -2.44. The zero-order chi connectivity index (χ0) is 17.6. The van der Waals surface area contributed by atoms with E-state index in [0.717, 1.165) is 12.1 Å². The number of ether oxygens (including phenoxy) is 1. The highest BCUT2D eigenvalue weighted by Gasteiger charge is 2.28. The average molecular weight is 489 g/mol. The molecule has 1 aliphatic heterocycles. The van der Waals surface area contributed by atoms with E-state index in [0.29, 0.717) is 18.9 Å². The van der Waals surface area contributed by atoms with Gasteiger partial charge in [-0.3, -0.25) is 0 Å². The standard InChI is InChI=1S/C15H21F2N3O3S.HI/c1-2-18-15(20-11-5-8-24(21,22)10-11)19-6-7-23-12-3-4-13(16)14(17)9-12;/h3-4,9,11H,2,5-8,10H2,1H3,(H2,18,19,20);1H. The van der Waals surface area contributed by atoms with Gasteiger partial charge in [0.25, 0.3) is 0 Å². The van der Waals surface area contributed by atoms with Crippen LogP contribution < -0.4 is 15.4 Å². The van der Waals surface area contributed by atoms with E-state index in [4.69, 9.17) is 4.74 Å². The Balaban J connectivity index is 0.00000312. The number of aliphatic imine (C=N–C) groups is 1. The summed E-state index contributed by atoms with van der Waals surface area (Å²) in [5, 5.41) is 6.11. The third kappa shape index (κ3) is 7.30. The molecule has 6 nitrogen and oxygen atoms in total. The summed E-state index contributed by atoms with van der Waals surface area (Å²) in [6.07, 6.45) is 0.554. The second kappa shape index (κ2) is 10.1. The first-order chi connectivity index (χ1) is 11.4. The maximum absolute atomic E-state index is 13.1. The van der Waals surface area contributed by atoms with E-state index in [1.54, 1.807) is 0 Å². The third-order valence-corrected chi connectivity index (χ3v) is 5.21. The summed E-state index contributed by atoms with van der Waals surface area (Å²) in [5.74, 6) is -0.872. The molecule has 0 radical (unpaired) electrons. The molecule has 0 aromatic heterocycles. The fraction of sp³-hybridized carbons (Fsp3) is 0.533. The quantitative estimate of drug-likeness (QED) is 0.275. The molecule has 1 saturated heterocycles. The molecule has 10 heteroatoms. The average Bonchev–Trinajstić information content (AvgIpc) is 2.86. The van der Waals surface area contributed by atoms with Gasteiger partial charge in [-0.2, -0.15) is 0 Å². The SMILES string of the molecule is CCNC(=NCCOc1ccc(F)c(F)c1)NC1CCS(=O)(=O)C1.I. The van der Waals surface area contributed by atoms with Crippen molar-refractivity contribution in [1.82, 2.24) is 10.6 Å². The van der Waals surface area contributed by atoms with Gasteiger partial charge in [0.2, 0.25) is 0 Å². The first-order valence-corrected chi connectivity index (χ1v) is 9.55. The number of hydrogen-bond acceptors (Lipinski definition) is 4. The van der Waals surface area contributed by atoms with E-state index in [-0.39, 0.29) is 60.4 Å². The number of nitrogens with one attached hydrogen (secondary N) is 2. The van der Waals surface area contributed by atoms with E-state index >= 15 is 0 Å². The Hall–Kier alpha value is -1.17. The van der Waals surface area contributed by atoms with Crippen LogP contribution in [0.3, 0.4) is 0 Å². The zero-order valence-corrected chi connectivity index (χ0v) is 16.9. The highest BCUT2D eigenvalue weighted by molar-refractivity contribution is 14.0. The van der Waals surface area contributed by atoms with E-state index in [9.17, 15) is 17.2 Å². The van der Waals surface area contributed by atoms with Gasteiger partial charge in [0.1, 0.15) is 12.4 Å². The van der Waals surface area contributed by atoms with Gasteiger partial charge >= 0.3 is 0 Å². The Bertz CT molecular complexity index is 701. The number of rotatable bonds is 6. The van der Waals surface area contributed by atoms with E-state index < -0.39 is 21.5 Å². The molecule has 0 saturated carbocycles. The van der Waals surface area contributed by atoms with Gasteiger partial charge in [-0.1, -0.05) is 0 Å². The van der Waals surface area contributed by atoms with Crippen LogP contribution in [0.4, 0.5) is 8.78 Å². The molecule has 2 rings (SSSR count). The van der Waals surface area contributed by atoms with Gasteiger partial charge in [-0.25, -0.2) is 22.2 Å². The highest BCUT2D eigenvalue weighted by Crippen LogP contribution is 2.15. The Kier molecular flexibility index (Phi) is 8.83. The largest absolute Gasteiger partial charge is 0.492 e. The highest BCUT2D eigenvalue weighted by atomic mass is 127. The smallest absolute Gasteiger partial charge is 0.191 e. The van der Waals surface area contributed by atoms with Crippen LogP contribution in [-0.2, 0) is 9.84 Å². The van der Waals surface area contributed by atoms with E-state index in [1.807, 2.05) is 6.92 Å². The van der Waals surface area contributed by atoms with Crippen LogP contribution in [0.15, 0.2) is 23.2 Å². The van der Waals surface area contributed by atoms with Crippen LogP contribution in [0, 0.1) is 11.6 Å². The maximum atomic E-state index is 13.1. The van der Waals surface area contributed by atoms with Crippen molar-refractivity contribution in [1.29, 1.82) is 0 Å². The predicted molar refractivity (Wildman–Crippen MR) is 103 cm³/mol. The van der Waals surface area contributed by atoms with Crippen LogP contribution in [0.25, 0.3) is 0 Å². The third-order valence-electron chi connectivity index (χ3n) is 3.44. The summed E-state index contributed by atoms with van der Waals surface area (Å²) in [6.45, 7) is 3.01. The first kappa shape index (κ1) is 21.9. The molecule has 142 valence electrons. The van der Waals surface area contributed by atoms with Crippen LogP contribution in [-0.4, -0.2) is 51.6 Å². The molecule has 0 aliphatic carbocycles. The minimum atomic E-state index is -2.96. The second-order valence-electron chi connectivity index (χ2n) is 5.43. The number of sulfone groups is 1. The fourth-order valence-corrected chi connectivity index (χ4v) is 3.98. The summed E-state index contributed by atoms with van der Waals surface area (Å²) in [5.41, 5.74) is 0. The van der Waals surface area contributed by atoms with Crippen molar-refractivity contribution in [2.75, 3.05) is 31.2 Å². The van der Waals surface area contributed by atoms with Crippen LogP contribution >= 0.6 is 24.0 Å². The molecule has 1 aromatic carbocycles. The Morgan fingerprint density at radius 3 is 2.72 bits per heavy atom. The lowest BCUT2D eigenvalue weighted by molar-refractivity contribution is 0.325. The molecule has 1 aromatic rings. The summed E-state index contributed by atoms with van der Waals surface area (Å²) >= 11 is 0. The summed E-state index contributed by atoms with van der Waals surface area (Å²) in [4.78, 5) is 4.29. The van der Waals surface area contributed by atoms with E-state index in [1.165, 1.54) is 6.07 Å². The van der Waals surface area contributed by atoms with Gasteiger partial charge in [0, 0.05) is 18.7 Å². The van der Waals surface area contributed by atoms with Crippen molar-refractivity contribution in [3.8, 4) is 5.75 Å². The Labute approximate surface area is 163 Å². The molecule has 0 bridgehead atoms. The van der Waals surface area contributed by atoms with Crippen molar-refractivity contribution in [3.05, 3.63) is 29.8 Å². The summed E-state index contributed by atoms with van der Waals surface area (Å²) in [6, 6.07) is 3.17. The molecule has 0 amide bonds. The second-order valence-corrected chi connectivity index (χ2v) is 7.66. The predicted octanol–water partition coefficient (Wildman–Crippen LogP) is 1.70. The van der Waals surface area contributed by atoms with E-state index in [2.05, 4.69) is 15.6 Å². The van der Waals surface area contributed by atoms with Crippen LogP contribution in [0.1, 0.15) is 13.3 Å². The van der Waals surface area contributed by atoms with Crippen LogP contribution in [0.5, 0.6) is 5.75 Å². The van der Waals surface area contributed by atoms with Crippen molar-refractivity contribution in [3.63, 3.8) is 0 Å². The van der Waals surface area contributed by atoms with Crippen molar-refractivity contribution in [2.24, 2.45) is 4.99 Å². The molecular formula is C15H22F2IN3O3S. The molecule has 1 aliphatic rings. The van der Waals surface area contributed by atoms with Gasteiger partial charge in [-0.15, -0.1) is 24.0 Å². The Morgan fingerprint density at radius 2 is 2.12 bits per heavy atom. The lowest BCUT2D eigenvalue weighted by Gasteiger charge is -2.15. The minimum Gasteiger partial charge on any atom is -0.492 e.